The first-order valence-electron chi connectivity index (χ1n) is 17.0. The molecule has 1 aromatic rings. The summed E-state index contributed by atoms with van der Waals surface area (Å²) in [6.07, 6.45) is 21.3. The molecule has 0 aromatic heterocycles. The molecule has 236 valence electrons. The lowest BCUT2D eigenvalue weighted by molar-refractivity contribution is -0.222. The number of hydrogen-bond donors (Lipinski definition) is 2. The van der Waals surface area contributed by atoms with Gasteiger partial charge in [-0.05, 0) is 38.8 Å². The Labute approximate surface area is 251 Å². The Balaban J connectivity index is 1.28. The lowest BCUT2D eigenvalue weighted by Gasteiger charge is -2.31. The monoisotopic (exact) mass is 575 g/mol. The molecule has 0 spiro atoms. The molecule has 0 radical (unpaired) electrons. The van der Waals surface area contributed by atoms with Crippen LogP contribution in [0.25, 0.3) is 0 Å². The predicted molar refractivity (Wildman–Crippen MR) is 167 cm³/mol. The number of unbranched alkanes of at least 4 members (excludes halogenated alkanes) is 15. The summed E-state index contributed by atoms with van der Waals surface area (Å²) in [4.78, 5) is 0. The van der Waals surface area contributed by atoms with Gasteiger partial charge < -0.3 is 29.4 Å². The maximum Gasteiger partial charge on any atom is 0.190 e. The van der Waals surface area contributed by atoms with Gasteiger partial charge in [-0.2, -0.15) is 0 Å². The zero-order valence-corrected chi connectivity index (χ0v) is 26.5. The molecule has 0 bridgehead atoms. The summed E-state index contributed by atoms with van der Waals surface area (Å²) in [6.45, 7) is 7.62. The van der Waals surface area contributed by atoms with E-state index in [0.29, 0.717) is 13.0 Å². The van der Waals surface area contributed by atoms with Gasteiger partial charge in [-0.3, -0.25) is 0 Å². The molecular weight excluding hydrogens is 514 g/mol. The average molecular weight is 576 g/mol. The Bertz CT molecular complexity index is 775. The highest BCUT2D eigenvalue weighted by molar-refractivity contribution is 5.13. The molecule has 0 amide bonds. The minimum absolute atomic E-state index is 0.0157. The number of aliphatic hydroxyl groups excluding tert-OH is 1. The zero-order valence-electron chi connectivity index (χ0n) is 26.5. The third-order valence-corrected chi connectivity index (χ3v) is 8.59. The molecule has 2 heterocycles. The standard InChI is InChI=1S/C35H61NO5/c1-4-5-6-7-8-9-10-11-12-13-14-15-16-17-18-22-26-36-30(25-27-37)31-32(38-28-29-23-20-19-21-24-29)33-34(39-31)41-35(2,3)40-33/h19-21,23-24,30-34,36-37H,4-18,22,25-28H2,1-3H3/t30?,31?,32?,33-,34?/m0/s1. The Morgan fingerprint density at radius 1 is 0.805 bits per heavy atom. The second-order valence-electron chi connectivity index (χ2n) is 12.7. The molecule has 3 rings (SSSR count). The molecule has 2 aliphatic heterocycles. The van der Waals surface area contributed by atoms with Gasteiger partial charge in [0, 0.05) is 12.6 Å². The lowest BCUT2D eigenvalue weighted by atomic mass is 10.00. The van der Waals surface area contributed by atoms with Crippen molar-refractivity contribution in [1.29, 1.82) is 0 Å². The van der Waals surface area contributed by atoms with Gasteiger partial charge in [-0.25, -0.2) is 0 Å². The van der Waals surface area contributed by atoms with E-state index in [0.717, 1.165) is 18.5 Å². The third-order valence-electron chi connectivity index (χ3n) is 8.59. The minimum atomic E-state index is -0.692. The number of hydrogen-bond acceptors (Lipinski definition) is 6. The highest BCUT2D eigenvalue weighted by atomic mass is 16.8. The maximum absolute atomic E-state index is 9.82. The predicted octanol–water partition coefficient (Wildman–Crippen LogP) is 8.05. The summed E-state index contributed by atoms with van der Waals surface area (Å²) in [5.74, 6) is -0.692. The van der Waals surface area contributed by atoms with Crippen LogP contribution < -0.4 is 5.32 Å². The van der Waals surface area contributed by atoms with Crippen molar-refractivity contribution in [3.63, 3.8) is 0 Å². The van der Waals surface area contributed by atoms with E-state index in [-0.39, 0.29) is 31.0 Å². The number of fused-ring (bicyclic) bond motifs is 1. The van der Waals surface area contributed by atoms with Crippen molar-refractivity contribution in [2.24, 2.45) is 0 Å². The van der Waals surface area contributed by atoms with Crippen LogP contribution in [-0.2, 0) is 25.6 Å². The molecule has 1 aromatic carbocycles. The summed E-state index contributed by atoms with van der Waals surface area (Å²) in [5.41, 5.74) is 1.12. The average Bonchev–Trinajstić information content (AvgIpc) is 3.44. The van der Waals surface area contributed by atoms with Gasteiger partial charge in [-0.15, -0.1) is 0 Å². The number of aliphatic hydroxyl groups is 1. The molecule has 0 saturated carbocycles. The first-order chi connectivity index (χ1) is 20.0. The van der Waals surface area contributed by atoms with Crippen LogP contribution in [0.2, 0.25) is 0 Å². The van der Waals surface area contributed by atoms with Crippen LogP contribution in [0, 0.1) is 0 Å². The molecule has 2 saturated heterocycles. The molecule has 4 unspecified atom stereocenters. The summed E-state index contributed by atoms with van der Waals surface area (Å²) in [6, 6.07) is 10.2. The van der Waals surface area contributed by atoms with Crippen molar-refractivity contribution in [2.45, 2.75) is 173 Å². The fourth-order valence-corrected chi connectivity index (χ4v) is 6.27. The number of nitrogens with one attached hydrogen (secondary N) is 1. The van der Waals surface area contributed by atoms with E-state index in [4.69, 9.17) is 18.9 Å². The fourth-order valence-electron chi connectivity index (χ4n) is 6.27. The van der Waals surface area contributed by atoms with E-state index >= 15 is 0 Å². The highest BCUT2D eigenvalue weighted by Crippen LogP contribution is 2.40. The second kappa shape index (κ2) is 20.0. The maximum atomic E-state index is 9.82. The Hall–Kier alpha value is -1.02. The van der Waals surface area contributed by atoms with Crippen LogP contribution in [0.15, 0.2) is 30.3 Å². The van der Waals surface area contributed by atoms with Crippen molar-refractivity contribution in [3.8, 4) is 0 Å². The van der Waals surface area contributed by atoms with Gasteiger partial charge in [0.1, 0.15) is 18.3 Å². The van der Waals surface area contributed by atoms with E-state index in [1.54, 1.807) is 0 Å². The first-order valence-corrected chi connectivity index (χ1v) is 17.0. The van der Waals surface area contributed by atoms with E-state index < -0.39 is 12.1 Å². The summed E-state index contributed by atoms with van der Waals surface area (Å²) >= 11 is 0. The number of rotatable bonds is 24. The molecule has 2 N–H and O–H groups in total. The lowest BCUT2D eigenvalue weighted by Crippen LogP contribution is -2.49. The Morgan fingerprint density at radius 3 is 1.93 bits per heavy atom. The van der Waals surface area contributed by atoms with Crippen molar-refractivity contribution < 1.29 is 24.1 Å². The van der Waals surface area contributed by atoms with Crippen LogP contribution >= 0.6 is 0 Å². The molecule has 6 nitrogen and oxygen atoms in total. The van der Waals surface area contributed by atoms with Crippen molar-refractivity contribution in [3.05, 3.63) is 35.9 Å². The zero-order chi connectivity index (χ0) is 29.2. The minimum Gasteiger partial charge on any atom is -0.396 e. The summed E-state index contributed by atoms with van der Waals surface area (Å²) in [7, 11) is 0. The van der Waals surface area contributed by atoms with Gasteiger partial charge in [0.15, 0.2) is 12.1 Å². The van der Waals surface area contributed by atoms with E-state index in [1.165, 1.54) is 96.3 Å². The van der Waals surface area contributed by atoms with E-state index in [1.807, 2.05) is 32.0 Å². The topological polar surface area (TPSA) is 69.2 Å². The molecule has 5 atom stereocenters. The number of ether oxygens (including phenoxy) is 4. The smallest absolute Gasteiger partial charge is 0.190 e. The molecule has 0 aliphatic carbocycles. The van der Waals surface area contributed by atoms with Crippen LogP contribution in [0.5, 0.6) is 0 Å². The SMILES string of the molecule is CCCCCCCCCCCCCCCCCCNC(CCO)C1OC2OC(C)(C)O[C@H]2C1OCc1ccccc1. The highest BCUT2D eigenvalue weighted by Gasteiger charge is 2.56. The molecule has 2 aliphatic rings. The van der Waals surface area contributed by atoms with Gasteiger partial charge >= 0.3 is 0 Å². The Kier molecular flexibility index (Phi) is 16.8. The Morgan fingerprint density at radius 2 is 1.37 bits per heavy atom. The molecule has 6 heteroatoms. The van der Waals surface area contributed by atoms with E-state index in [9.17, 15) is 5.11 Å². The largest absolute Gasteiger partial charge is 0.396 e. The van der Waals surface area contributed by atoms with Crippen molar-refractivity contribution in [2.75, 3.05) is 13.2 Å². The van der Waals surface area contributed by atoms with Gasteiger partial charge in [0.25, 0.3) is 0 Å². The van der Waals surface area contributed by atoms with Gasteiger partial charge in [0.05, 0.1) is 6.61 Å². The van der Waals surface area contributed by atoms with E-state index in [2.05, 4.69) is 24.4 Å². The summed E-state index contributed by atoms with van der Waals surface area (Å²) in [5, 5.41) is 13.5. The molecule has 41 heavy (non-hydrogen) atoms. The van der Waals surface area contributed by atoms with Crippen molar-refractivity contribution in [1.82, 2.24) is 5.32 Å². The second-order valence-corrected chi connectivity index (χ2v) is 12.7. The normalized spacial score (nSPS) is 24.1. The molecule has 2 fully saturated rings. The van der Waals surface area contributed by atoms with Crippen LogP contribution in [0.4, 0.5) is 0 Å². The van der Waals surface area contributed by atoms with Crippen LogP contribution in [-0.4, -0.2) is 54.7 Å². The number of benzene rings is 1. The van der Waals surface area contributed by atoms with Crippen LogP contribution in [0.3, 0.4) is 0 Å². The molecular formula is C35H61NO5. The third kappa shape index (κ3) is 13.0. The van der Waals surface area contributed by atoms with Gasteiger partial charge in [-0.1, -0.05) is 134 Å². The fraction of sp³-hybridized carbons (Fsp3) is 0.829. The van der Waals surface area contributed by atoms with Crippen LogP contribution in [0.1, 0.15) is 135 Å². The quantitative estimate of drug-likeness (QED) is 0.122. The van der Waals surface area contributed by atoms with Crippen molar-refractivity contribution >= 4 is 0 Å². The summed E-state index contributed by atoms with van der Waals surface area (Å²) < 4.78 is 25.0. The van der Waals surface area contributed by atoms with Gasteiger partial charge in [0.2, 0.25) is 0 Å². The first kappa shape index (κ1) is 34.5.